The van der Waals surface area contributed by atoms with Crippen molar-refractivity contribution in [3.63, 3.8) is 0 Å². The second-order valence-electron chi connectivity index (χ2n) is 2.20. The summed E-state index contributed by atoms with van der Waals surface area (Å²) in [6, 6.07) is 0. The van der Waals surface area contributed by atoms with Gasteiger partial charge < -0.3 is 4.74 Å². The lowest BCUT2D eigenvalue weighted by atomic mass is 10.2. The van der Waals surface area contributed by atoms with Crippen LogP contribution < -0.4 is 5.73 Å². The van der Waals surface area contributed by atoms with Gasteiger partial charge in [0.2, 0.25) is 0 Å². The summed E-state index contributed by atoms with van der Waals surface area (Å²) >= 11 is 0. The first kappa shape index (κ1) is 10.7. The molecule has 0 aromatic heterocycles. The standard InChI is InChI=1S/C9H13NO2/c1-4-6-7(3)9(11)12-8(10)5-2/h4-5,8H,1-3,6,10H2. The fourth-order valence-corrected chi connectivity index (χ4v) is 0.513. The van der Waals surface area contributed by atoms with E-state index in [1.165, 1.54) is 6.08 Å². The Morgan fingerprint density at radius 2 is 2.17 bits per heavy atom. The molecule has 3 nitrogen and oxygen atoms in total. The van der Waals surface area contributed by atoms with Crippen LogP contribution in [0.5, 0.6) is 0 Å². The SMILES string of the molecule is C=CCC(=C)C(=O)OC(N)C=C. The Bertz CT molecular complexity index is 209. The zero-order valence-corrected chi connectivity index (χ0v) is 6.95. The van der Waals surface area contributed by atoms with Crippen LogP contribution in [0.4, 0.5) is 0 Å². The molecule has 0 aliphatic rings. The van der Waals surface area contributed by atoms with E-state index in [0.717, 1.165) is 0 Å². The number of allylic oxidation sites excluding steroid dienone is 1. The second kappa shape index (κ2) is 5.32. The summed E-state index contributed by atoms with van der Waals surface area (Å²) in [5.74, 6) is -0.512. The monoisotopic (exact) mass is 167 g/mol. The molecule has 12 heavy (non-hydrogen) atoms. The zero-order valence-electron chi connectivity index (χ0n) is 6.95. The van der Waals surface area contributed by atoms with Gasteiger partial charge in [-0.05, 0) is 12.5 Å². The summed E-state index contributed by atoms with van der Waals surface area (Å²) < 4.78 is 4.69. The minimum Gasteiger partial charge on any atom is -0.440 e. The quantitative estimate of drug-likeness (QED) is 0.289. The lowest BCUT2D eigenvalue weighted by Crippen LogP contribution is -2.25. The summed E-state index contributed by atoms with van der Waals surface area (Å²) in [5, 5.41) is 0. The maximum absolute atomic E-state index is 11.0. The molecule has 0 aromatic carbocycles. The van der Waals surface area contributed by atoms with Crippen molar-refractivity contribution in [3.8, 4) is 0 Å². The van der Waals surface area contributed by atoms with Gasteiger partial charge in [-0.25, -0.2) is 4.79 Å². The third-order valence-electron chi connectivity index (χ3n) is 1.15. The molecule has 0 heterocycles. The first-order chi connectivity index (χ1) is 5.61. The Morgan fingerprint density at radius 3 is 2.58 bits per heavy atom. The van der Waals surface area contributed by atoms with Crippen LogP contribution in [0.2, 0.25) is 0 Å². The van der Waals surface area contributed by atoms with E-state index >= 15 is 0 Å². The number of hydrogen-bond acceptors (Lipinski definition) is 3. The van der Waals surface area contributed by atoms with E-state index < -0.39 is 12.2 Å². The second-order valence-corrected chi connectivity index (χ2v) is 2.20. The smallest absolute Gasteiger partial charge is 0.335 e. The Morgan fingerprint density at radius 1 is 1.58 bits per heavy atom. The summed E-state index contributed by atoms with van der Waals surface area (Å²) in [4.78, 5) is 11.0. The highest BCUT2D eigenvalue weighted by Gasteiger charge is 2.08. The van der Waals surface area contributed by atoms with Gasteiger partial charge in [-0.2, -0.15) is 0 Å². The average Bonchev–Trinajstić information content (AvgIpc) is 2.04. The van der Waals surface area contributed by atoms with Gasteiger partial charge in [0.15, 0.2) is 6.23 Å². The van der Waals surface area contributed by atoms with Crippen molar-refractivity contribution in [3.05, 3.63) is 37.5 Å². The summed E-state index contributed by atoms with van der Waals surface area (Å²) in [5.41, 5.74) is 5.62. The highest BCUT2D eigenvalue weighted by molar-refractivity contribution is 5.88. The number of esters is 1. The van der Waals surface area contributed by atoms with Crippen molar-refractivity contribution in [2.75, 3.05) is 0 Å². The van der Waals surface area contributed by atoms with Crippen molar-refractivity contribution in [2.45, 2.75) is 12.6 Å². The normalized spacial score (nSPS) is 11.4. The molecule has 0 aliphatic heterocycles. The van der Waals surface area contributed by atoms with Gasteiger partial charge in [0.05, 0.1) is 0 Å². The average molecular weight is 167 g/mol. The molecule has 1 atom stereocenters. The highest BCUT2D eigenvalue weighted by Crippen LogP contribution is 2.02. The Labute approximate surface area is 72.2 Å². The van der Waals surface area contributed by atoms with E-state index in [0.29, 0.717) is 12.0 Å². The predicted octanol–water partition coefficient (Wildman–Crippen LogP) is 1.13. The van der Waals surface area contributed by atoms with Crippen molar-refractivity contribution in [1.29, 1.82) is 0 Å². The molecule has 0 fully saturated rings. The van der Waals surface area contributed by atoms with Crippen LogP contribution in [0, 0.1) is 0 Å². The number of rotatable bonds is 5. The Hall–Kier alpha value is -1.35. The van der Waals surface area contributed by atoms with Gasteiger partial charge in [0.25, 0.3) is 0 Å². The van der Waals surface area contributed by atoms with E-state index in [-0.39, 0.29) is 0 Å². The molecule has 0 saturated carbocycles. The molecule has 2 N–H and O–H groups in total. The van der Waals surface area contributed by atoms with Crippen molar-refractivity contribution >= 4 is 5.97 Å². The van der Waals surface area contributed by atoms with Crippen LogP contribution in [-0.4, -0.2) is 12.2 Å². The molecule has 0 aliphatic carbocycles. The minimum absolute atomic E-state index is 0.335. The fraction of sp³-hybridized carbons (Fsp3) is 0.222. The van der Waals surface area contributed by atoms with Crippen LogP contribution in [0.25, 0.3) is 0 Å². The maximum Gasteiger partial charge on any atom is 0.335 e. The van der Waals surface area contributed by atoms with Crippen LogP contribution in [0.15, 0.2) is 37.5 Å². The lowest BCUT2D eigenvalue weighted by molar-refractivity contribution is -0.141. The fourth-order valence-electron chi connectivity index (χ4n) is 0.513. The van der Waals surface area contributed by atoms with Gasteiger partial charge in [0.1, 0.15) is 0 Å². The van der Waals surface area contributed by atoms with Crippen molar-refractivity contribution in [1.82, 2.24) is 0 Å². The van der Waals surface area contributed by atoms with E-state index in [1.807, 2.05) is 0 Å². The highest BCUT2D eigenvalue weighted by atomic mass is 16.6. The van der Waals surface area contributed by atoms with Gasteiger partial charge >= 0.3 is 5.97 Å². The topological polar surface area (TPSA) is 52.3 Å². The molecule has 0 rings (SSSR count). The molecular weight excluding hydrogens is 154 g/mol. The molecule has 0 spiro atoms. The summed E-state index contributed by atoms with van der Waals surface area (Å²) in [6.45, 7) is 10.3. The number of nitrogens with two attached hydrogens (primary N) is 1. The molecule has 0 bridgehead atoms. The molecule has 0 amide bonds. The van der Waals surface area contributed by atoms with Gasteiger partial charge in [-0.15, -0.1) is 6.58 Å². The molecule has 3 heteroatoms. The number of carbonyl (C=O) groups is 1. The number of hydrogen-bond donors (Lipinski definition) is 1. The van der Waals surface area contributed by atoms with Crippen LogP contribution in [0.1, 0.15) is 6.42 Å². The maximum atomic E-state index is 11.0. The van der Waals surface area contributed by atoms with E-state index in [2.05, 4.69) is 24.5 Å². The largest absolute Gasteiger partial charge is 0.440 e. The van der Waals surface area contributed by atoms with Crippen LogP contribution in [-0.2, 0) is 9.53 Å². The first-order valence-corrected chi connectivity index (χ1v) is 3.49. The van der Waals surface area contributed by atoms with Crippen molar-refractivity contribution in [2.24, 2.45) is 5.73 Å². The molecule has 0 saturated heterocycles. The molecule has 0 aromatic rings. The lowest BCUT2D eigenvalue weighted by Gasteiger charge is -2.08. The number of ether oxygens (including phenoxy) is 1. The molecule has 0 radical (unpaired) electrons. The first-order valence-electron chi connectivity index (χ1n) is 3.49. The number of carbonyl (C=O) groups excluding carboxylic acids is 1. The predicted molar refractivity (Wildman–Crippen MR) is 48.2 cm³/mol. The summed E-state index contributed by atoms with van der Waals surface area (Å²) in [7, 11) is 0. The van der Waals surface area contributed by atoms with Crippen LogP contribution in [0.3, 0.4) is 0 Å². The zero-order chi connectivity index (χ0) is 9.56. The summed E-state index contributed by atoms with van der Waals surface area (Å²) in [6.07, 6.45) is 2.55. The third-order valence-corrected chi connectivity index (χ3v) is 1.15. The van der Waals surface area contributed by atoms with Gasteiger partial charge in [0, 0.05) is 5.57 Å². The Balaban J connectivity index is 3.94. The van der Waals surface area contributed by atoms with E-state index in [9.17, 15) is 4.79 Å². The minimum atomic E-state index is -0.765. The van der Waals surface area contributed by atoms with E-state index in [1.54, 1.807) is 6.08 Å². The molecule has 66 valence electrons. The molecule has 1 unspecified atom stereocenters. The van der Waals surface area contributed by atoms with Gasteiger partial charge in [-0.1, -0.05) is 19.2 Å². The van der Waals surface area contributed by atoms with Crippen LogP contribution >= 0.6 is 0 Å². The van der Waals surface area contributed by atoms with Crippen molar-refractivity contribution < 1.29 is 9.53 Å². The molecular formula is C9H13NO2. The Kier molecular flexibility index (Phi) is 4.72. The van der Waals surface area contributed by atoms with E-state index in [4.69, 9.17) is 5.73 Å². The van der Waals surface area contributed by atoms with Gasteiger partial charge in [-0.3, -0.25) is 5.73 Å². The third kappa shape index (κ3) is 3.73.